The molecule has 0 aromatic carbocycles. The first-order chi connectivity index (χ1) is 21.1. The number of amides is 2. The fraction of sp³-hybridized carbons (Fsp3) is 0.829. The summed E-state index contributed by atoms with van der Waals surface area (Å²) in [7, 11) is -4.02. The molecule has 3 aliphatic carbocycles. The van der Waals surface area contributed by atoms with Crippen LogP contribution in [0.15, 0.2) is 12.7 Å². The Balaban J connectivity index is 1.43. The zero-order valence-electron chi connectivity index (χ0n) is 29.2. The number of ketones is 1. The van der Waals surface area contributed by atoms with E-state index >= 15 is 0 Å². The smallest absolute Gasteiger partial charge is 0.307 e. The second-order valence-corrected chi connectivity index (χ2v) is 19.1. The first-order valence-corrected chi connectivity index (χ1v) is 18.5. The summed E-state index contributed by atoms with van der Waals surface area (Å²) in [5.74, 6) is -2.65. The summed E-state index contributed by atoms with van der Waals surface area (Å²) in [4.78, 5) is 57.5. The SMILES string of the molecule is C=C[C@@H]1C[C@]1(CC(=O)[C@@H]1C[C@@]2(CN1C(=O)[C@@H](CC(=O)OC(C)(C)C)C(C)(C)C)C(C)(C)C21CCC1)C(=O)NS(=O)(=O)N1CCCC1. The molecule has 0 aromatic heterocycles. The molecule has 5 aliphatic rings. The minimum absolute atomic E-state index is 0.0592. The van der Waals surface area contributed by atoms with Crippen LogP contribution in [0.5, 0.6) is 0 Å². The molecule has 2 aliphatic heterocycles. The number of Topliss-reactive ketones (excluding diaryl/α,β-unsaturated/α-hetero) is 1. The van der Waals surface area contributed by atoms with Crippen molar-refractivity contribution in [3.05, 3.63) is 12.7 Å². The lowest BCUT2D eigenvalue weighted by Crippen LogP contribution is -2.49. The molecule has 2 amide bonds. The highest BCUT2D eigenvalue weighted by molar-refractivity contribution is 7.87. The van der Waals surface area contributed by atoms with E-state index in [0.717, 1.165) is 32.1 Å². The van der Waals surface area contributed by atoms with Crippen LogP contribution in [-0.2, 0) is 34.1 Å². The summed E-state index contributed by atoms with van der Waals surface area (Å²) in [6.45, 7) is 20.7. The van der Waals surface area contributed by atoms with Crippen molar-refractivity contribution in [2.24, 2.45) is 38.9 Å². The average molecular weight is 662 g/mol. The molecule has 0 unspecified atom stereocenters. The molecule has 46 heavy (non-hydrogen) atoms. The van der Waals surface area contributed by atoms with Crippen LogP contribution in [0.4, 0.5) is 0 Å². The maximum absolute atomic E-state index is 14.6. The molecule has 1 N–H and O–H groups in total. The van der Waals surface area contributed by atoms with E-state index in [2.05, 4.69) is 25.1 Å². The van der Waals surface area contributed by atoms with Crippen molar-refractivity contribution in [2.75, 3.05) is 19.6 Å². The number of esters is 1. The van der Waals surface area contributed by atoms with E-state index in [-0.39, 0.29) is 46.7 Å². The molecule has 258 valence electrons. The van der Waals surface area contributed by atoms with Gasteiger partial charge in [0, 0.05) is 31.5 Å². The number of hydrogen-bond donors (Lipinski definition) is 1. The molecule has 11 heteroatoms. The fourth-order valence-electron chi connectivity index (χ4n) is 9.46. The van der Waals surface area contributed by atoms with Gasteiger partial charge in [0.25, 0.3) is 0 Å². The number of nitrogens with zero attached hydrogens (tertiary/aromatic N) is 2. The zero-order valence-corrected chi connectivity index (χ0v) is 30.0. The Kier molecular flexibility index (Phi) is 8.49. The van der Waals surface area contributed by atoms with Crippen molar-refractivity contribution in [2.45, 2.75) is 125 Å². The number of carbonyl (C=O) groups excluding carboxylic acids is 4. The van der Waals surface area contributed by atoms with Crippen molar-refractivity contribution in [3.8, 4) is 0 Å². The van der Waals surface area contributed by atoms with Crippen LogP contribution < -0.4 is 4.72 Å². The number of nitrogens with one attached hydrogen (secondary N) is 1. The van der Waals surface area contributed by atoms with Gasteiger partial charge in [-0.15, -0.1) is 6.58 Å². The number of likely N-dealkylation sites (tertiary alicyclic amines) is 1. The number of rotatable bonds is 10. The van der Waals surface area contributed by atoms with Crippen molar-refractivity contribution in [1.29, 1.82) is 0 Å². The predicted octanol–water partition coefficient (Wildman–Crippen LogP) is 4.79. The Morgan fingerprint density at radius 1 is 0.978 bits per heavy atom. The molecule has 0 radical (unpaired) electrons. The molecule has 3 saturated carbocycles. The highest BCUT2D eigenvalue weighted by atomic mass is 32.2. The minimum atomic E-state index is -4.02. The topological polar surface area (TPSA) is 130 Å². The molecule has 2 spiro atoms. The summed E-state index contributed by atoms with van der Waals surface area (Å²) in [5, 5.41) is 0. The van der Waals surface area contributed by atoms with Gasteiger partial charge in [-0.2, -0.15) is 12.7 Å². The highest BCUT2D eigenvalue weighted by Gasteiger charge is 2.85. The molecule has 10 nitrogen and oxygen atoms in total. The third kappa shape index (κ3) is 5.55. The van der Waals surface area contributed by atoms with Crippen molar-refractivity contribution in [1.82, 2.24) is 13.9 Å². The summed E-state index contributed by atoms with van der Waals surface area (Å²) >= 11 is 0. The zero-order chi connectivity index (χ0) is 34.3. The number of carbonyl (C=O) groups is 4. The van der Waals surface area contributed by atoms with Crippen LogP contribution in [0.3, 0.4) is 0 Å². The van der Waals surface area contributed by atoms with Gasteiger partial charge < -0.3 is 9.64 Å². The molecular formula is C35H55N3O7S. The third-order valence-electron chi connectivity index (χ3n) is 12.6. The van der Waals surface area contributed by atoms with Gasteiger partial charge in [-0.1, -0.05) is 47.1 Å². The molecule has 2 heterocycles. The maximum Gasteiger partial charge on any atom is 0.307 e. The van der Waals surface area contributed by atoms with Crippen molar-refractivity contribution in [3.63, 3.8) is 0 Å². The van der Waals surface area contributed by atoms with Crippen LogP contribution in [-0.4, -0.2) is 72.5 Å². The van der Waals surface area contributed by atoms with Crippen LogP contribution in [0, 0.1) is 38.9 Å². The molecule has 5 atom stereocenters. The molecule has 0 bridgehead atoms. The number of ether oxygens (including phenoxy) is 1. The minimum Gasteiger partial charge on any atom is -0.460 e. The van der Waals surface area contributed by atoms with E-state index in [1.807, 2.05) is 20.8 Å². The Labute approximate surface area is 275 Å². The van der Waals surface area contributed by atoms with Crippen LogP contribution in [0.1, 0.15) is 113 Å². The lowest BCUT2D eigenvalue weighted by molar-refractivity contribution is -0.161. The van der Waals surface area contributed by atoms with Gasteiger partial charge in [0.15, 0.2) is 5.78 Å². The molecule has 0 aromatic rings. The summed E-state index contributed by atoms with van der Waals surface area (Å²) < 4.78 is 35.2. The number of allylic oxidation sites excluding steroid dienone is 1. The van der Waals surface area contributed by atoms with Crippen molar-refractivity contribution < 1.29 is 32.3 Å². The van der Waals surface area contributed by atoms with E-state index in [9.17, 15) is 27.6 Å². The number of hydrogen-bond acceptors (Lipinski definition) is 7. The largest absolute Gasteiger partial charge is 0.460 e. The van der Waals surface area contributed by atoms with E-state index < -0.39 is 50.5 Å². The van der Waals surface area contributed by atoms with E-state index in [1.165, 1.54) is 4.31 Å². The van der Waals surface area contributed by atoms with Crippen LogP contribution in [0.2, 0.25) is 0 Å². The standard InChI is InChI=1S/C35H55N3O7S/c1-10-23-19-33(23,29(42)36-46(43,44)37-16-11-12-17-37)21-26(39)25-20-35(32(8,9)34(35)14-13-15-34)22-38(25)28(41)24(30(2,3)4)18-27(40)45-31(5,6)7/h10,23-25H,1,11-22H2,2-9H3,(H,36,42)/t23-,24-,25+,33-,35-/m1/s1. The molecule has 5 fully saturated rings. The third-order valence-corrected chi connectivity index (χ3v) is 14.1. The number of fused-ring (bicyclic) bond motifs is 1. The highest BCUT2D eigenvalue weighted by Crippen LogP contribution is 2.88. The first-order valence-electron chi connectivity index (χ1n) is 17.1. The second kappa shape index (κ2) is 11.1. The van der Waals surface area contributed by atoms with E-state index in [0.29, 0.717) is 32.5 Å². The maximum atomic E-state index is 14.6. The van der Waals surface area contributed by atoms with Gasteiger partial charge >= 0.3 is 16.2 Å². The van der Waals surface area contributed by atoms with Crippen LogP contribution >= 0.6 is 0 Å². The molecular weight excluding hydrogens is 606 g/mol. The Bertz CT molecular complexity index is 1410. The lowest BCUT2D eigenvalue weighted by Gasteiger charge is -2.36. The average Bonchev–Trinajstić information content (AvgIpc) is 3.38. The van der Waals surface area contributed by atoms with Gasteiger partial charge in [0.1, 0.15) is 5.60 Å². The van der Waals surface area contributed by atoms with Gasteiger partial charge in [-0.05, 0) is 81.5 Å². The monoisotopic (exact) mass is 661 g/mol. The fourth-order valence-corrected chi connectivity index (χ4v) is 10.8. The quantitative estimate of drug-likeness (QED) is 0.263. The van der Waals surface area contributed by atoms with Gasteiger partial charge in [0.05, 0.1) is 23.8 Å². The van der Waals surface area contributed by atoms with Gasteiger partial charge in [0.2, 0.25) is 11.8 Å². The van der Waals surface area contributed by atoms with Crippen molar-refractivity contribution >= 4 is 33.8 Å². The summed E-state index contributed by atoms with van der Waals surface area (Å²) in [6, 6.07) is -0.763. The Morgan fingerprint density at radius 3 is 2.04 bits per heavy atom. The van der Waals surface area contributed by atoms with E-state index in [4.69, 9.17) is 4.74 Å². The summed E-state index contributed by atoms with van der Waals surface area (Å²) in [6.07, 6.45) is 6.91. The first kappa shape index (κ1) is 35.0. The van der Waals surface area contributed by atoms with Gasteiger partial charge in [-0.3, -0.25) is 19.2 Å². The molecule has 5 rings (SSSR count). The Hall–Kier alpha value is -2.27. The van der Waals surface area contributed by atoms with E-state index in [1.54, 1.807) is 31.7 Å². The molecule has 2 saturated heterocycles. The normalized spacial score (nSPS) is 32.1. The summed E-state index contributed by atoms with van der Waals surface area (Å²) in [5.41, 5.74) is -2.72. The Morgan fingerprint density at radius 2 is 1.59 bits per heavy atom. The van der Waals surface area contributed by atoms with Crippen LogP contribution in [0.25, 0.3) is 0 Å². The lowest BCUT2D eigenvalue weighted by atomic mass is 9.73. The second-order valence-electron chi connectivity index (χ2n) is 17.4. The van der Waals surface area contributed by atoms with Gasteiger partial charge in [-0.25, -0.2) is 4.72 Å². The predicted molar refractivity (Wildman–Crippen MR) is 174 cm³/mol.